The summed E-state index contributed by atoms with van der Waals surface area (Å²) in [5.41, 5.74) is 5.05. The molecule has 0 aliphatic rings. The fraction of sp³-hybridized carbons (Fsp3) is 0.207. The lowest BCUT2D eigenvalue weighted by Gasteiger charge is -2.12. The van der Waals surface area contributed by atoms with Gasteiger partial charge in [-0.15, -0.1) is 0 Å². The number of hydrogen-bond acceptors (Lipinski definition) is 5. The number of ether oxygens (including phenoxy) is 3. The number of hydrogen-bond donors (Lipinski definition) is 1. The van der Waals surface area contributed by atoms with E-state index >= 15 is 0 Å². The molecule has 3 aromatic carbocycles. The molecule has 1 N–H and O–H groups in total. The van der Waals surface area contributed by atoms with E-state index in [1.807, 2.05) is 74.5 Å². The number of carbonyl (C=O) groups is 1. The van der Waals surface area contributed by atoms with Crippen molar-refractivity contribution in [1.29, 1.82) is 0 Å². The first kappa shape index (κ1) is 24.0. The molecule has 0 saturated carbocycles. The summed E-state index contributed by atoms with van der Waals surface area (Å²) < 4.78 is 22.7. The Bertz CT molecular complexity index is 1370. The van der Waals surface area contributed by atoms with Gasteiger partial charge in [0.2, 0.25) is 5.91 Å². The molecule has 1 heterocycles. The Labute approximate surface area is 205 Å². The fourth-order valence-corrected chi connectivity index (χ4v) is 4.07. The second kappa shape index (κ2) is 10.8. The van der Waals surface area contributed by atoms with Crippen LogP contribution in [0.15, 0.2) is 77.4 Å². The standard InChI is InChI=1S/C29H29NO5/c1-5-34-27-16-28-23(24(18-35-28)21-11-7-9-13-26(21)33-4)15-22(27)19(2)14-29(31)30-17-20-10-6-8-12-25(20)32-3/h6-16,18H,5,17H2,1-4H3,(H,30,31)/b19-14+. The molecular weight excluding hydrogens is 442 g/mol. The van der Waals surface area contributed by atoms with Gasteiger partial charge < -0.3 is 23.9 Å². The van der Waals surface area contributed by atoms with E-state index in [2.05, 4.69) is 5.32 Å². The molecule has 35 heavy (non-hydrogen) atoms. The van der Waals surface area contributed by atoms with Crippen molar-refractivity contribution >= 4 is 22.4 Å². The zero-order valence-corrected chi connectivity index (χ0v) is 20.4. The van der Waals surface area contributed by atoms with E-state index in [-0.39, 0.29) is 5.91 Å². The van der Waals surface area contributed by atoms with Crippen LogP contribution in [0.25, 0.3) is 27.7 Å². The average molecular weight is 472 g/mol. The largest absolute Gasteiger partial charge is 0.496 e. The van der Waals surface area contributed by atoms with Crippen LogP contribution in [0.4, 0.5) is 0 Å². The number of benzene rings is 3. The molecule has 4 aromatic rings. The first-order valence-corrected chi connectivity index (χ1v) is 11.5. The summed E-state index contributed by atoms with van der Waals surface area (Å²) in [4.78, 5) is 12.8. The van der Waals surface area contributed by atoms with E-state index in [9.17, 15) is 4.79 Å². The Balaban J connectivity index is 1.67. The highest BCUT2D eigenvalue weighted by molar-refractivity contribution is 6.01. The minimum Gasteiger partial charge on any atom is -0.496 e. The first-order chi connectivity index (χ1) is 17.0. The molecule has 0 saturated heterocycles. The highest BCUT2D eigenvalue weighted by atomic mass is 16.5. The molecule has 1 aromatic heterocycles. The lowest BCUT2D eigenvalue weighted by atomic mass is 9.98. The number of methoxy groups -OCH3 is 2. The van der Waals surface area contributed by atoms with Crippen LogP contribution in [0, 0.1) is 0 Å². The van der Waals surface area contributed by atoms with Crippen molar-refractivity contribution < 1.29 is 23.4 Å². The molecule has 1 amide bonds. The van der Waals surface area contributed by atoms with Crippen LogP contribution >= 0.6 is 0 Å². The zero-order chi connectivity index (χ0) is 24.8. The molecule has 0 aliphatic carbocycles. The van der Waals surface area contributed by atoms with Crippen molar-refractivity contribution in [1.82, 2.24) is 5.32 Å². The Morgan fingerprint density at radius 2 is 1.66 bits per heavy atom. The summed E-state index contributed by atoms with van der Waals surface area (Å²) in [5.74, 6) is 1.95. The van der Waals surface area contributed by atoms with Crippen LogP contribution in [-0.4, -0.2) is 26.7 Å². The van der Waals surface area contributed by atoms with Crippen molar-refractivity contribution in [2.75, 3.05) is 20.8 Å². The SMILES string of the molecule is CCOc1cc2occ(-c3ccccc3OC)c2cc1/C(C)=C/C(=O)NCc1ccccc1OC. The van der Waals surface area contributed by atoms with Gasteiger partial charge in [-0.3, -0.25) is 4.79 Å². The van der Waals surface area contributed by atoms with Gasteiger partial charge in [-0.05, 0) is 37.6 Å². The molecule has 0 unspecified atom stereocenters. The maximum absolute atomic E-state index is 12.8. The van der Waals surface area contributed by atoms with Gasteiger partial charge in [0.05, 0.1) is 27.1 Å². The summed E-state index contributed by atoms with van der Waals surface area (Å²) in [6.07, 6.45) is 3.31. The summed E-state index contributed by atoms with van der Waals surface area (Å²) in [6, 6.07) is 19.3. The van der Waals surface area contributed by atoms with E-state index in [1.165, 1.54) is 0 Å². The molecule has 0 bridgehead atoms. The van der Waals surface area contributed by atoms with Crippen LogP contribution in [0.2, 0.25) is 0 Å². The number of para-hydroxylation sites is 2. The van der Waals surface area contributed by atoms with Crippen LogP contribution in [0.1, 0.15) is 25.0 Å². The number of furan rings is 1. The van der Waals surface area contributed by atoms with Crippen molar-refractivity contribution in [2.45, 2.75) is 20.4 Å². The number of nitrogens with one attached hydrogen (secondary N) is 1. The predicted molar refractivity (Wildman–Crippen MR) is 138 cm³/mol. The Morgan fingerprint density at radius 3 is 2.40 bits per heavy atom. The molecule has 0 radical (unpaired) electrons. The molecule has 4 rings (SSSR count). The van der Waals surface area contributed by atoms with E-state index in [4.69, 9.17) is 18.6 Å². The third-order valence-electron chi connectivity index (χ3n) is 5.79. The number of rotatable bonds is 9. The summed E-state index contributed by atoms with van der Waals surface area (Å²) in [5, 5.41) is 3.85. The first-order valence-electron chi connectivity index (χ1n) is 11.5. The van der Waals surface area contributed by atoms with Crippen LogP contribution < -0.4 is 19.5 Å². The van der Waals surface area contributed by atoms with Gasteiger partial charge >= 0.3 is 0 Å². The minimum absolute atomic E-state index is 0.201. The highest BCUT2D eigenvalue weighted by Crippen LogP contribution is 2.40. The maximum atomic E-state index is 12.8. The summed E-state index contributed by atoms with van der Waals surface area (Å²) in [6.45, 7) is 4.68. The lowest BCUT2D eigenvalue weighted by Crippen LogP contribution is -2.21. The van der Waals surface area contributed by atoms with Crippen molar-refractivity contribution in [3.05, 3.63) is 84.1 Å². The predicted octanol–water partition coefficient (Wildman–Crippen LogP) is 6.24. The second-order valence-corrected chi connectivity index (χ2v) is 7.98. The quantitative estimate of drug-likeness (QED) is 0.293. The van der Waals surface area contributed by atoms with Crippen molar-refractivity contribution in [3.63, 3.8) is 0 Å². The van der Waals surface area contributed by atoms with Gasteiger partial charge in [0.25, 0.3) is 0 Å². The zero-order valence-electron chi connectivity index (χ0n) is 20.4. The van der Waals surface area contributed by atoms with Gasteiger partial charge in [0.1, 0.15) is 22.8 Å². The molecule has 180 valence electrons. The van der Waals surface area contributed by atoms with Crippen molar-refractivity contribution in [3.8, 4) is 28.4 Å². The number of allylic oxidation sites excluding steroid dienone is 1. The maximum Gasteiger partial charge on any atom is 0.244 e. The molecule has 0 fully saturated rings. The fourth-order valence-electron chi connectivity index (χ4n) is 4.07. The molecule has 0 aliphatic heterocycles. The number of carbonyl (C=O) groups excluding carboxylic acids is 1. The van der Waals surface area contributed by atoms with Crippen LogP contribution in [-0.2, 0) is 11.3 Å². The van der Waals surface area contributed by atoms with E-state index < -0.39 is 0 Å². The van der Waals surface area contributed by atoms with Gasteiger partial charge in [-0.1, -0.05) is 36.4 Å². The average Bonchev–Trinajstić information content (AvgIpc) is 3.29. The van der Waals surface area contributed by atoms with Crippen LogP contribution in [0.5, 0.6) is 17.2 Å². The third kappa shape index (κ3) is 5.17. The normalized spacial score (nSPS) is 11.4. The van der Waals surface area contributed by atoms with Gasteiger partial charge in [-0.25, -0.2) is 0 Å². The summed E-state index contributed by atoms with van der Waals surface area (Å²) >= 11 is 0. The number of amides is 1. The van der Waals surface area contributed by atoms with E-state index in [0.29, 0.717) is 24.5 Å². The number of fused-ring (bicyclic) bond motifs is 1. The molecular formula is C29H29NO5. The third-order valence-corrected chi connectivity index (χ3v) is 5.79. The smallest absolute Gasteiger partial charge is 0.244 e. The molecule has 6 nitrogen and oxygen atoms in total. The molecule has 0 atom stereocenters. The monoisotopic (exact) mass is 471 g/mol. The van der Waals surface area contributed by atoms with E-state index in [0.717, 1.165) is 44.7 Å². The molecule has 0 spiro atoms. The van der Waals surface area contributed by atoms with Crippen molar-refractivity contribution in [2.24, 2.45) is 0 Å². The summed E-state index contributed by atoms with van der Waals surface area (Å²) in [7, 11) is 3.27. The highest BCUT2D eigenvalue weighted by Gasteiger charge is 2.17. The Kier molecular flexibility index (Phi) is 7.41. The Morgan fingerprint density at radius 1 is 0.943 bits per heavy atom. The Hall–Kier alpha value is -4.19. The van der Waals surface area contributed by atoms with Gasteiger partial charge in [0, 0.05) is 46.3 Å². The van der Waals surface area contributed by atoms with Gasteiger partial charge in [-0.2, -0.15) is 0 Å². The van der Waals surface area contributed by atoms with Gasteiger partial charge in [0.15, 0.2) is 0 Å². The second-order valence-electron chi connectivity index (χ2n) is 7.98. The lowest BCUT2D eigenvalue weighted by molar-refractivity contribution is -0.116. The molecule has 6 heteroatoms. The van der Waals surface area contributed by atoms with E-state index in [1.54, 1.807) is 26.6 Å². The minimum atomic E-state index is -0.201. The van der Waals surface area contributed by atoms with Crippen LogP contribution in [0.3, 0.4) is 0 Å². The topological polar surface area (TPSA) is 69.9 Å².